The highest BCUT2D eigenvalue weighted by molar-refractivity contribution is 7.99. The first-order valence-corrected chi connectivity index (χ1v) is 9.24. The van der Waals surface area contributed by atoms with Crippen LogP contribution in [0.15, 0.2) is 70.3 Å². The van der Waals surface area contributed by atoms with E-state index in [4.69, 9.17) is 9.15 Å². The van der Waals surface area contributed by atoms with Crippen LogP contribution in [-0.4, -0.2) is 35.0 Å². The van der Waals surface area contributed by atoms with E-state index >= 15 is 0 Å². The average Bonchev–Trinajstić information content (AvgIpc) is 3.22. The molecule has 0 fully saturated rings. The first kappa shape index (κ1) is 18.0. The number of hydrogen-bond donors (Lipinski definition) is 1. The molecule has 0 aliphatic heterocycles. The molecule has 6 nitrogen and oxygen atoms in total. The highest BCUT2D eigenvalue weighted by Gasteiger charge is 2.05. The van der Waals surface area contributed by atoms with E-state index in [1.165, 1.54) is 11.3 Å². The fraction of sp³-hybridized carbons (Fsp3) is 0.211. The third-order valence-corrected chi connectivity index (χ3v) is 4.58. The summed E-state index contributed by atoms with van der Waals surface area (Å²) in [6.45, 7) is 0.629. The van der Waals surface area contributed by atoms with Gasteiger partial charge in [0.15, 0.2) is 6.61 Å². The van der Waals surface area contributed by atoms with Gasteiger partial charge < -0.3 is 14.5 Å². The summed E-state index contributed by atoms with van der Waals surface area (Å²) >= 11 is 1.78. The Bertz CT molecular complexity index is 793. The van der Waals surface area contributed by atoms with Gasteiger partial charge in [-0.25, -0.2) is 0 Å². The number of thioether (sulfide) groups is 1. The topological polar surface area (TPSA) is 77.2 Å². The van der Waals surface area contributed by atoms with Crippen molar-refractivity contribution in [2.24, 2.45) is 0 Å². The zero-order chi connectivity index (χ0) is 18.0. The van der Waals surface area contributed by atoms with E-state index in [0.717, 1.165) is 17.7 Å². The molecule has 26 heavy (non-hydrogen) atoms. The maximum atomic E-state index is 11.8. The zero-order valence-electron chi connectivity index (χ0n) is 14.1. The number of nitrogens with zero attached hydrogens (tertiary/aromatic N) is 2. The molecule has 0 aliphatic carbocycles. The molecule has 134 valence electrons. The Balaban J connectivity index is 1.31. The van der Waals surface area contributed by atoms with Crippen LogP contribution < -0.4 is 10.1 Å². The minimum absolute atomic E-state index is 0.00820. The molecular weight excluding hydrogens is 350 g/mol. The van der Waals surface area contributed by atoms with Crippen LogP contribution in [0.25, 0.3) is 11.5 Å². The van der Waals surface area contributed by atoms with Crippen LogP contribution in [-0.2, 0) is 4.79 Å². The van der Waals surface area contributed by atoms with Gasteiger partial charge in [0.25, 0.3) is 5.91 Å². The second-order valence-electron chi connectivity index (χ2n) is 5.42. The smallest absolute Gasteiger partial charge is 0.257 e. The Kier molecular flexibility index (Phi) is 6.66. The molecule has 0 radical (unpaired) electrons. The molecule has 1 N–H and O–H groups in total. The summed E-state index contributed by atoms with van der Waals surface area (Å²) in [5.74, 6) is 1.89. The van der Waals surface area contributed by atoms with E-state index in [0.29, 0.717) is 18.2 Å². The van der Waals surface area contributed by atoms with Gasteiger partial charge in [-0.1, -0.05) is 18.2 Å². The largest absolute Gasteiger partial charge is 0.484 e. The van der Waals surface area contributed by atoms with E-state index in [9.17, 15) is 4.79 Å². The number of amides is 1. The predicted molar refractivity (Wildman–Crippen MR) is 100 cm³/mol. The lowest BCUT2D eigenvalue weighted by molar-refractivity contribution is -0.123. The molecule has 2 aromatic carbocycles. The number of aromatic nitrogens is 2. The molecule has 0 saturated heterocycles. The number of rotatable bonds is 9. The summed E-state index contributed by atoms with van der Waals surface area (Å²) < 4.78 is 10.6. The van der Waals surface area contributed by atoms with Gasteiger partial charge in [0.1, 0.15) is 5.75 Å². The summed E-state index contributed by atoms with van der Waals surface area (Å²) in [6.07, 6.45) is 2.19. The lowest BCUT2D eigenvalue weighted by Crippen LogP contribution is -2.29. The van der Waals surface area contributed by atoms with Crippen LogP contribution in [0.3, 0.4) is 0 Å². The van der Waals surface area contributed by atoms with Crippen LogP contribution in [0.4, 0.5) is 0 Å². The monoisotopic (exact) mass is 369 g/mol. The molecule has 0 atom stereocenters. The minimum atomic E-state index is -0.129. The van der Waals surface area contributed by atoms with E-state index < -0.39 is 0 Å². The van der Waals surface area contributed by atoms with Crippen LogP contribution in [0.2, 0.25) is 0 Å². The van der Waals surface area contributed by atoms with Crippen molar-refractivity contribution in [1.82, 2.24) is 15.5 Å². The fourth-order valence-corrected chi connectivity index (χ4v) is 3.07. The van der Waals surface area contributed by atoms with E-state index in [2.05, 4.69) is 27.6 Å². The van der Waals surface area contributed by atoms with Crippen molar-refractivity contribution in [3.05, 3.63) is 61.0 Å². The van der Waals surface area contributed by atoms with Gasteiger partial charge in [-0.3, -0.25) is 4.79 Å². The molecule has 0 saturated carbocycles. The summed E-state index contributed by atoms with van der Waals surface area (Å²) in [5.41, 5.74) is 0.801. The normalized spacial score (nSPS) is 10.5. The molecule has 0 aliphatic rings. The van der Waals surface area contributed by atoms with E-state index in [1.807, 2.05) is 30.3 Å². The van der Waals surface area contributed by atoms with Gasteiger partial charge in [-0.05, 0) is 48.6 Å². The Morgan fingerprint density at radius 3 is 2.65 bits per heavy atom. The Hall–Kier alpha value is -2.80. The summed E-state index contributed by atoms with van der Waals surface area (Å²) in [6, 6.07) is 17.4. The number of carbonyl (C=O) groups excluding carboxylic acids is 1. The van der Waals surface area contributed by atoms with Gasteiger partial charge in [-0.15, -0.1) is 22.0 Å². The van der Waals surface area contributed by atoms with Gasteiger partial charge in [0.05, 0.1) is 0 Å². The standard InChI is InChI=1S/C19H19N3O3S/c23-18(20-11-4-12-26-17-5-2-1-3-6-17)13-24-16-9-7-15(8-10-16)19-22-21-14-25-19/h1-3,5-10,14H,4,11-13H2,(H,20,23). The second kappa shape index (κ2) is 9.62. The van der Waals surface area contributed by atoms with Crippen LogP contribution in [0, 0.1) is 0 Å². The van der Waals surface area contributed by atoms with Crippen molar-refractivity contribution in [1.29, 1.82) is 0 Å². The van der Waals surface area contributed by atoms with Crippen molar-refractivity contribution in [3.63, 3.8) is 0 Å². The molecule has 7 heteroatoms. The number of nitrogens with one attached hydrogen (secondary N) is 1. The molecule has 1 heterocycles. The SMILES string of the molecule is O=C(COc1ccc(-c2nnco2)cc1)NCCCSc1ccccc1. The Morgan fingerprint density at radius 1 is 1.12 bits per heavy atom. The molecule has 0 bridgehead atoms. The highest BCUT2D eigenvalue weighted by Crippen LogP contribution is 2.20. The van der Waals surface area contributed by atoms with Crippen molar-refractivity contribution >= 4 is 17.7 Å². The predicted octanol–water partition coefficient (Wildman–Crippen LogP) is 3.41. The van der Waals surface area contributed by atoms with Crippen molar-refractivity contribution < 1.29 is 13.9 Å². The number of hydrogen-bond acceptors (Lipinski definition) is 6. The average molecular weight is 369 g/mol. The number of ether oxygens (including phenoxy) is 1. The van der Waals surface area contributed by atoms with Gasteiger partial charge in [0.2, 0.25) is 12.3 Å². The van der Waals surface area contributed by atoms with Gasteiger partial charge >= 0.3 is 0 Å². The minimum Gasteiger partial charge on any atom is -0.484 e. The molecule has 1 amide bonds. The molecule has 3 aromatic rings. The van der Waals surface area contributed by atoms with Crippen LogP contribution in [0.5, 0.6) is 5.75 Å². The van der Waals surface area contributed by atoms with Gasteiger partial charge in [-0.2, -0.15) is 0 Å². The van der Waals surface area contributed by atoms with Crippen molar-refractivity contribution in [2.45, 2.75) is 11.3 Å². The third-order valence-electron chi connectivity index (χ3n) is 3.49. The van der Waals surface area contributed by atoms with Gasteiger partial charge in [0, 0.05) is 17.0 Å². The Morgan fingerprint density at radius 2 is 1.92 bits per heavy atom. The third kappa shape index (κ3) is 5.63. The fourth-order valence-electron chi connectivity index (χ4n) is 2.20. The van der Waals surface area contributed by atoms with Crippen molar-refractivity contribution in [3.8, 4) is 17.2 Å². The van der Waals surface area contributed by atoms with E-state index in [1.54, 1.807) is 23.9 Å². The van der Waals surface area contributed by atoms with Crippen LogP contribution >= 0.6 is 11.8 Å². The van der Waals surface area contributed by atoms with E-state index in [-0.39, 0.29) is 12.5 Å². The molecule has 1 aromatic heterocycles. The van der Waals surface area contributed by atoms with Crippen LogP contribution in [0.1, 0.15) is 6.42 Å². The maximum Gasteiger partial charge on any atom is 0.257 e. The summed E-state index contributed by atoms with van der Waals surface area (Å²) in [4.78, 5) is 13.1. The highest BCUT2D eigenvalue weighted by atomic mass is 32.2. The lowest BCUT2D eigenvalue weighted by atomic mass is 10.2. The maximum absolute atomic E-state index is 11.8. The Labute approximate surface area is 156 Å². The molecule has 0 spiro atoms. The molecule has 0 unspecified atom stereocenters. The number of benzene rings is 2. The second-order valence-corrected chi connectivity index (χ2v) is 6.59. The lowest BCUT2D eigenvalue weighted by Gasteiger charge is -2.08. The molecular formula is C19H19N3O3S. The quantitative estimate of drug-likeness (QED) is 0.460. The first-order chi connectivity index (χ1) is 12.8. The summed E-state index contributed by atoms with van der Waals surface area (Å²) in [7, 11) is 0. The first-order valence-electron chi connectivity index (χ1n) is 8.25. The van der Waals surface area contributed by atoms with Crippen molar-refractivity contribution in [2.75, 3.05) is 18.9 Å². The zero-order valence-corrected chi connectivity index (χ0v) is 14.9. The number of carbonyl (C=O) groups is 1. The molecule has 3 rings (SSSR count). The summed E-state index contributed by atoms with van der Waals surface area (Å²) in [5, 5.41) is 10.3.